The van der Waals surface area contributed by atoms with Crippen LogP contribution in [-0.4, -0.2) is 22.5 Å². The summed E-state index contributed by atoms with van der Waals surface area (Å²) in [4.78, 5) is 19.9. The maximum atomic E-state index is 11.8. The van der Waals surface area contributed by atoms with Gasteiger partial charge < -0.3 is 10.1 Å². The molecule has 1 amide bonds. The van der Waals surface area contributed by atoms with Crippen LogP contribution < -0.4 is 10.1 Å². The Labute approximate surface area is 124 Å². The summed E-state index contributed by atoms with van der Waals surface area (Å²) in [5.41, 5.74) is 3.88. The molecule has 0 spiro atoms. The molecule has 2 rings (SSSR count). The van der Waals surface area contributed by atoms with Crippen LogP contribution >= 0.6 is 0 Å². The zero-order valence-corrected chi connectivity index (χ0v) is 12.5. The monoisotopic (exact) mass is 285 g/mol. The fraction of sp³-hybridized carbons (Fsp3) is 0.312. The molecule has 0 saturated carbocycles. The lowest BCUT2D eigenvalue weighted by molar-refractivity contribution is -0.123. The van der Waals surface area contributed by atoms with E-state index in [2.05, 4.69) is 21.4 Å². The highest BCUT2D eigenvalue weighted by Crippen LogP contribution is 2.15. The molecule has 5 nitrogen and oxygen atoms in total. The maximum Gasteiger partial charge on any atom is 0.258 e. The van der Waals surface area contributed by atoms with Crippen molar-refractivity contribution in [2.24, 2.45) is 0 Å². The number of nitrogens with one attached hydrogen (secondary N) is 1. The summed E-state index contributed by atoms with van der Waals surface area (Å²) < 4.78 is 5.50. The van der Waals surface area contributed by atoms with Crippen LogP contribution in [0.5, 0.6) is 5.75 Å². The molecule has 0 aliphatic carbocycles. The average Bonchev–Trinajstić information content (AvgIpc) is 2.42. The Hall–Kier alpha value is -2.43. The molecule has 0 radical (unpaired) electrons. The van der Waals surface area contributed by atoms with E-state index in [1.807, 2.05) is 39.0 Å². The van der Waals surface area contributed by atoms with E-state index in [0.29, 0.717) is 12.3 Å². The number of hydrogen-bond donors (Lipinski definition) is 1. The number of hydrogen-bond acceptors (Lipinski definition) is 4. The van der Waals surface area contributed by atoms with E-state index in [4.69, 9.17) is 4.74 Å². The molecule has 0 bridgehead atoms. The molecule has 0 unspecified atom stereocenters. The smallest absolute Gasteiger partial charge is 0.258 e. The lowest BCUT2D eigenvalue weighted by Gasteiger charge is -2.09. The molecule has 1 N–H and O–H groups in total. The van der Waals surface area contributed by atoms with E-state index in [0.717, 1.165) is 22.5 Å². The summed E-state index contributed by atoms with van der Waals surface area (Å²) in [5.74, 6) is 0.533. The second-order valence-electron chi connectivity index (χ2n) is 5.04. The fourth-order valence-corrected chi connectivity index (χ4v) is 2.01. The van der Waals surface area contributed by atoms with E-state index < -0.39 is 0 Å². The number of amides is 1. The minimum atomic E-state index is -0.176. The molecule has 0 fully saturated rings. The van der Waals surface area contributed by atoms with E-state index >= 15 is 0 Å². The number of rotatable bonds is 5. The lowest BCUT2D eigenvalue weighted by Crippen LogP contribution is -2.28. The van der Waals surface area contributed by atoms with Gasteiger partial charge in [-0.3, -0.25) is 4.79 Å². The van der Waals surface area contributed by atoms with Crippen LogP contribution in [0.4, 0.5) is 0 Å². The van der Waals surface area contributed by atoms with Crippen LogP contribution in [0.1, 0.15) is 22.5 Å². The molecule has 1 heterocycles. The van der Waals surface area contributed by atoms with E-state index in [1.165, 1.54) is 6.33 Å². The van der Waals surface area contributed by atoms with Crippen molar-refractivity contribution in [1.82, 2.24) is 15.3 Å². The van der Waals surface area contributed by atoms with Crippen molar-refractivity contribution in [3.8, 4) is 5.75 Å². The first-order valence-corrected chi connectivity index (χ1v) is 6.78. The molecule has 2 aromatic rings. The van der Waals surface area contributed by atoms with Gasteiger partial charge in [-0.05, 0) is 50.1 Å². The van der Waals surface area contributed by atoms with Gasteiger partial charge in [0.05, 0.1) is 12.2 Å². The number of aromatic nitrogens is 2. The van der Waals surface area contributed by atoms with Gasteiger partial charge >= 0.3 is 0 Å². The average molecular weight is 285 g/mol. The summed E-state index contributed by atoms with van der Waals surface area (Å²) >= 11 is 0. The molecule has 0 aliphatic heterocycles. The summed E-state index contributed by atoms with van der Waals surface area (Å²) in [6, 6.07) is 7.72. The van der Waals surface area contributed by atoms with Crippen molar-refractivity contribution in [3.05, 3.63) is 53.1 Å². The van der Waals surface area contributed by atoms with Gasteiger partial charge in [0.1, 0.15) is 12.1 Å². The Kier molecular flexibility index (Phi) is 4.87. The highest BCUT2D eigenvalue weighted by molar-refractivity contribution is 5.77. The van der Waals surface area contributed by atoms with Crippen LogP contribution in [0, 0.1) is 20.8 Å². The second-order valence-corrected chi connectivity index (χ2v) is 5.04. The van der Waals surface area contributed by atoms with Gasteiger partial charge in [-0.15, -0.1) is 0 Å². The van der Waals surface area contributed by atoms with Crippen molar-refractivity contribution in [1.29, 1.82) is 0 Å². The topological polar surface area (TPSA) is 64.1 Å². The predicted octanol–water partition coefficient (Wildman–Crippen LogP) is 2.10. The first-order valence-electron chi connectivity index (χ1n) is 6.78. The predicted molar refractivity (Wildman–Crippen MR) is 80.0 cm³/mol. The Balaban J connectivity index is 1.82. The Morgan fingerprint density at radius 1 is 1.10 bits per heavy atom. The van der Waals surface area contributed by atoms with Gasteiger partial charge in [0.15, 0.2) is 6.61 Å². The summed E-state index contributed by atoms with van der Waals surface area (Å²) in [5, 5.41) is 2.77. The molecular weight excluding hydrogens is 266 g/mol. The van der Waals surface area contributed by atoms with Gasteiger partial charge in [-0.1, -0.05) is 6.07 Å². The standard InChI is InChI=1S/C16H19N3O2/c1-11-4-12(2)6-15(5-11)21-9-16(20)17-8-14-7-13(3)18-10-19-14/h4-7,10H,8-9H2,1-3H3,(H,17,20). The molecule has 0 atom stereocenters. The third-order valence-corrected chi connectivity index (χ3v) is 2.89. The summed E-state index contributed by atoms with van der Waals surface area (Å²) in [6.07, 6.45) is 1.49. The lowest BCUT2D eigenvalue weighted by atomic mass is 10.1. The summed E-state index contributed by atoms with van der Waals surface area (Å²) in [6.45, 7) is 6.25. The SMILES string of the molecule is Cc1cc(C)cc(OCC(=O)NCc2cc(C)ncn2)c1. The number of aryl methyl sites for hydroxylation is 3. The van der Waals surface area contributed by atoms with Crippen molar-refractivity contribution in [3.63, 3.8) is 0 Å². The first-order chi connectivity index (χ1) is 10.0. The number of carbonyl (C=O) groups is 1. The van der Waals surface area contributed by atoms with Crippen LogP contribution in [0.3, 0.4) is 0 Å². The minimum absolute atomic E-state index is 0.00699. The van der Waals surface area contributed by atoms with E-state index in [1.54, 1.807) is 0 Å². The third kappa shape index (κ3) is 4.87. The number of ether oxygens (including phenoxy) is 1. The van der Waals surface area contributed by atoms with Gasteiger partial charge in [0.2, 0.25) is 0 Å². The highest BCUT2D eigenvalue weighted by atomic mass is 16.5. The summed E-state index contributed by atoms with van der Waals surface area (Å²) in [7, 11) is 0. The normalized spacial score (nSPS) is 10.2. The molecule has 0 saturated heterocycles. The molecule has 110 valence electrons. The van der Waals surface area contributed by atoms with Crippen molar-refractivity contribution >= 4 is 5.91 Å². The fourth-order valence-electron chi connectivity index (χ4n) is 2.01. The Bertz CT molecular complexity index is 621. The van der Waals surface area contributed by atoms with Crippen LogP contribution in [0.15, 0.2) is 30.6 Å². The number of nitrogens with zero attached hydrogens (tertiary/aromatic N) is 2. The Morgan fingerprint density at radius 3 is 2.48 bits per heavy atom. The maximum absolute atomic E-state index is 11.8. The van der Waals surface area contributed by atoms with Crippen LogP contribution in [-0.2, 0) is 11.3 Å². The molecular formula is C16H19N3O2. The molecule has 5 heteroatoms. The largest absolute Gasteiger partial charge is 0.484 e. The highest BCUT2D eigenvalue weighted by Gasteiger charge is 2.04. The van der Waals surface area contributed by atoms with Gasteiger partial charge in [-0.25, -0.2) is 9.97 Å². The zero-order chi connectivity index (χ0) is 15.2. The van der Waals surface area contributed by atoms with Crippen molar-refractivity contribution in [2.75, 3.05) is 6.61 Å². The zero-order valence-electron chi connectivity index (χ0n) is 12.5. The van der Waals surface area contributed by atoms with Gasteiger partial charge in [0, 0.05) is 5.69 Å². The van der Waals surface area contributed by atoms with Crippen LogP contribution in [0.25, 0.3) is 0 Å². The van der Waals surface area contributed by atoms with Crippen LogP contribution in [0.2, 0.25) is 0 Å². The van der Waals surface area contributed by atoms with E-state index in [-0.39, 0.29) is 12.5 Å². The molecule has 21 heavy (non-hydrogen) atoms. The Morgan fingerprint density at radius 2 is 1.81 bits per heavy atom. The van der Waals surface area contributed by atoms with E-state index in [9.17, 15) is 4.79 Å². The minimum Gasteiger partial charge on any atom is -0.484 e. The molecule has 1 aromatic heterocycles. The molecule has 0 aliphatic rings. The quantitative estimate of drug-likeness (QED) is 0.913. The number of carbonyl (C=O) groups excluding carboxylic acids is 1. The van der Waals surface area contributed by atoms with Crippen molar-refractivity contribution < 1.29 is 9.53 Å². The second kappa shape index (κ2) is 6.83. The van der Waals surface area contributed by atoms with Gasteiger partial charge in [0.25, 0.3) is 5.91 Å². The van der Waals surface area contributed by atoms with Crippen molar-refractivity contribution in [2.45, 2.75) is 27.3 Å². The molecule has 1 aromatic carbocycles. The van der Waals surface area contributed by atoms with Gasteiger partial charge in [-0.2, -0.15) is 0 Å². The third-order valence-electron chi connectivity index (χ3n) is 2.89. The first kappa shape index (κ1) is 15.0. The number of benzene rings is 1.